The fraction of sp³-hybridized carbons (Fsp3) is 0.500. The van der Waals surface area contributed by atoms with Crippen molar-refractivity contribution in [2.24, 2.45) is 0 Å². The third kappa shape index (κ3) is 5.23. The Hall–Kier alpha value is -2.91. The Labute approximate surface area is 182 Å². The van der Waals surface area contributed by atoms with Crippen LogP contribution in [0, 0.1) is 0 Å². The lowest BCUT2D eigenvalue weighted by Gasteiger charge is -2.20. The van der Waals surface area contributed by atoms with Crippen molar-refractivity contribution >= 4 is 5.91 Å². The monoisotopic (exact) mass is 427 g/mol. The van der Waals surface area contributed by atoms with Gasteiger partial charge in [0.1, 0.15) is 12.3 Å². The average Bonchev–Trinajstić information content (AvgIpc) is 3.36. The van der Waals surface area contributed by atoms with Gasteiger partial charge in [0.25, 0.3) is 5.91 Å². The number of amides is 1. The first-order valence-corrected chi connectivity index (χ1v) is 10.5. The lowest BCUT2D eigenvalue weighted by atomic mass is 10.1. The smallest absolute Gasteiger partial charge is 0.251 e. The molecule has 1 N–H and O–H groups in total. The van der Waals surface area contributed by atoms with Crippen LogP contribution in [0.15, 0.2) is 36.0 Å². The molecular weight excluding hydrogens is 398 g/mol. The van der Waals surface area contributed by atoms with Gasteiger partial charge >= 0.3 is 0 Å². The molecule has 166 valence electrons. The molecule has 2 aliphatic heterocycles. The van der Waals surface area contributed by atoms with Crippen LogP contribution in [0.2, 0.25) is 0 Å². The molecule has 1 aromatic heterocycles. The fourth-order valence-electron chi connectivity index (χ4n) is 3.76. The van der Waals surface area contributed by atoms with Gasteiger partial charge in [-0.2, -0.15) is 0 Å². The average molecular weight is 428 g/mol. The number of methoxy groups -OCH3 is 1. The van der Waals surface area contributed by atoms with Crippen LogP contribution in [0.1, 0.15) is 29.9 Å². The summed E-state index contributed by atoms with van der Waals surface area (Å²) in [5, 5.41) is 11.5. The van der Waals surface area contributed by atoms with E-state index in [4.69, 9.17) is 14.2 Å². The van der Waals surface area contributed by atoms with Gasteiger partial charge in [0.05, 0.1) is 38.6 Å². The van der Waals surface area contributed by atoms with E-state index in [1.165, 1.54) is 5.57 Å². The van der Waals surface area contributed by atoms with Crippen molar-refractivity contribution in [1.29, 1.82) is 0 Å². The van der Waals surface area contributed by atoms with Crippen LogP contribution in [-0.4, -0.2) is 71.3 Å². The lowest BCUT2D eigenvalue weighted by molar-refractivity contribution is 0.0301. The van der Waals surface area contributed by atoms with Gasteiger partial charge < -0.3 is 19.5 Å². The summed E-state index contributed by atoms with van der Waals surface area (Å²) in [5.74, 6) is 0.944. The van der Waals surface area contributed by atoms with Crippen molar-refractivity contribution in [2.75, 3.05) is 33.4 Å². The van der Waals surface area contributed by atoms with E-state index >= 15 is 0 Å². The first kappa shape index (κ1) is 21.3. The number of benzene rings is 1. The van der Waals surface area contributed by atoms with Gasteiger partial charge in [0, 0.05) is 25.2 Å². The molecular formula is C22H29N5O4. The second-order valence-electron chi connectivity index (χ2n) is 8.12. The fourth-order valence-corrected chi connectivity index (χ4v) is 3.76. The van der Waals surface area contributed by atoms with E-state index in [0.29, 0.717) is 43.4 Å². The van der Waals surface area contributed by atoms with Crippen molar-refractivity contribution in [3.63, 3.8) is 0 Å². The number of likely N-dealkylation sites (tertiary alicyclic amines) is 1. The normalized spacial score (nSPS) is 21.8. The van der Waals surface area contributed by atoms with Gasteiger partial charge in [-0.3, -0.25) is 9.69 Å². The van der Waals surface area contributed by atoms with Gasteiger partial charge in [0.15, 0.2) is 11.5 Å². The Morgan fingerprint density at radius 2 is 2.23 bits per heavy atom. The zero-order valence-corrected chi connectivity index (χ0v) is 18.2. The molecule has 1 fully saturated rings. The number of allylic oxidation sites excluding steroid dienone is 1. The Morgan fingerprint density at radius 3 is 3.03 bits per heavy atom. The first-order valence-electron chi connectivity index (χ1n) is 10.5. The maximum Gasteiger partial charge on any atom is 0.251 e. The van der Waals surface area contributed by atoms with Crippen LogP contribution in [-0.2, 0) is 17.9 Å². The van der Waals surface area contributed by atoms with Gasteiger partial charge in [-0.05, 0) is 32.0 Å². The van der Waals surface area contributed by atoms with E-state index in [1.807, 2.05) is 6.20 Å². The number of aromatic nitrogens is 3. The molecule has 0 aliphatic carbocycles. The summed E-state index contributed by atoms with van der Waals surface area (Å²) in [5.41, 5.74) is 2.54. The minimum absolute atomic E-state index is 0.135. The van der Waals surface area contributed by atoms with Gasteiger partial charge in [-0.1, -0.05) is 16.9 Å². The largest absolute Gasteiger partial charge is 0.493 e. The van der Waals surface area contributed by atoms with E-state index in [0.717, 1.165) is 18.8 Å². The zero-order valence-electron chi connectivity index (χ0n) is 18.2. The number of fused-ring (bicyclic) bond motifs is 5. The highest BCUT2D eigenvalue weighted by atomic mass is 16.5. The topological polar surface area (TPSA) is 90.7 Å². The Kier molecular flexibility index (Phi) is 6.53. The summed E-state index contributed by atoms with van der Waals surface area (Å²) in [7, 11) is 1.58. The minimum Gasteiger partial charge on any atom is -0.493 e. The molecule has 4 rings (SSSR count). The SMILES string of the molecule is COc1ccc2cc1OCCn1cc(nn1)CO[C@H]1CN(CC=C(C)C)C[C@@H]1NC2=O. The predicted molar refractivity (Wildman–Crippen MR) is 114 cm³/mol. The zero-order chi connectivity index (χ0) is 21.8. The highest BCUT2D eigenvalue weighted by molar-refractivity contribution is 5.95. The van der Waals surface area contributed by atoms with Crippen molar-refractivity contribution in [3.05, 3.63) is 47.3 Å². The maximum atomic E-state index is 13.0. The summed E-state index contributed by atoms with van der Waals surface area (Å²) >= 11 is 0. The molecule has 0 spiro atoms. The third-order valence-electron chi connectivity index (χ3n) is 5.45. The molecule has 31 heavy (non-hydrogen) atoms. The molecule has 2 aliphatic rings. The van der Waals surface area contributed by atoms with E-state index in [-0.39, 0.29) is 18.1 Å². The molecule has 9 heteroatoms. The van der Waals surface area contributed by atoms with E-state index in [1.54, 1.807) is 30.0 Å². The third-order valence-corrected chi connectivity index (χ3v) is 5.45. The second-order valence-corrected chi connectivity index (χ2v) is 8.12. The van der Waals surface area contributed by atoms with E-state index in [9.17, 15) is 4.79 Å². The Bertz CT molecular complexity index is 953. The molecule has 0 saturated carbocycles. The van der Waals surface area contributed by atoms with Crippen LogP contribution in [0.5, 0.6) is 11.5 Å². The van der Waals surface area contributed by atoms with Crippen LogP contribution in [0.25, 0.3) is 0 Å². The van der Waals surface area contributed by atoms with Crippen molar-refractivity contribution in [3.8, 4) is 11.5 Å². The van der Waals surface area contributed by atoms with Crippen LogP contribution in [0.4, 0.5) is 0 Å². The van der Waals surface area contributed by atoms with E-state index in [2.05, 4.69) is 40.5 Å². The summed E-state index contributed by atoms with van der Waals surface area (Å²) in [6, 6.07) is 5.07. The summed E-state index contributed by atoms with van der Waals surface area (Å²) in [6.07, 6.45) is 3.91. The predicted octanol–water partition coefficient (Wildman–Crippen LogP) is 1.64. The van der Waals surface area contributed by atoms with Crippen molar-refractivity contribution in [1.82, 2.24) is 25.2 Å². The van der Waals surface area contributed by atoms with E-state index < -0.39 is 0 Å². The number of hydrogen-bond donors (Lipinski definition) is 1. The summed E-state index contributed by atoms with van der Waals surface area (Å²) in [4.78, 5) is 15.3. The highest BCUT2D eigenvalue weighted by Crippen LogP contribution is 2.28. The van der Waals surface area contributed by atoms with Crippen LogP contribution >= 0.6 is 0 Å². The molecule has 3 heterocycles. The van der Waals surface area contributed by atoms with Gasteiger partial charge in [-0.25, -0.2) is 4.68 Å². The molecule has 9 nitrogen and oxygen atoms in total. The molecule has 2 aromatic rings. The van der Waals surface area contributed by atoms with Crippen LogP contribution < -0.4 is 14.8 Å². The maximum absolute atomic E-state index is 13.0. The number of nitrogens with one attached hydrogen (secondary N) is 1. The molecule has 4 bridgehead atoms. The second kappa shape index (κ2) is 9.49. The Morgan fingerprint density at radius 1 is 1.35 bits per heavy atom. The van der Waals surface area contributed by atoms with Crippen LogP contribution in [0.3, 0.4) is 0 Å². The molecule has 2 atom stereocenters. The van der Waals surface area contributed by atoms with Crippen molar-refractivity contribution < 1.29 is 19.0 Å². The van der Waals surface area contributed by atoms with Crippen molar-refractivity contribution in [2.45, 2.75) is 39.1 Å². The highest BCUT2D eigenvalue weighted by Gasteiger charge is 2.34. The van der Waals surface area contributed by atoms with Gasteiger partial charge in [0.2, 0.25) is 0 Å². The number of nitrogens with zero attached hydrogens (tertiary/aromatic N) is 4. The number of carbonyl (C=O) groups is 1. The molecule has 1 aromatic carbocycles. The lowest BCUT2D eigenvalue weighted by Crippen LogP contribution is -2.44. The molecule has 1 saturated heterocycles. The molecule has 0 radical (unpaired) electrons. The Balaban J connectivity index is 1.59. The standard InChI is InChI=1S/C22H29N5O4/c1-15(2)6-7-26-12-18-21(13-26)31-14-17-11-27(25-24-17)8-9-30-20-10-16(22(28)23-18)4-5-19(20)29-3/h4-6,10-11,18,21H,7-9,12-14H2,1-3H3,(H,23,28)/t18-,21-/m0/s1. The number of carbonyl (C=O) groups excluding carboxylic acids is 1. The first-order chi connectivity index (χ1) is 15.0. The summed E-state index contributed by atoms with van der Waals surface area (Å²) in [6.45, 7) is 7.68. The number of rotatable bonds is 3. The summed E-state index contributed by atoms with van der Waals surface area (Å²) < 4.78 is 19.2. The van der Waals surface area contributed by atoms with Gasteiger partial charge in [-0.15, -0.1) is 5.10 Å². The number of hydrogen-bond acceptors (Lipinski definition) is 7. The number of ether oxygens (including phenoxy) is 3. The molecule has 1 amide bonds. The minimum atomic E-state index is -0.158. The quantitative estimate of drug-likeness (QED) is 0.745. The molecule has 0 unspecified atom stereocenters.